The van der Waals surface area contributed by atoms with E-state index in [4.69, 9.17) is 0 Å². The van der Waals surface area contributed by atoms with E-state index >= 15 is 0 Å². The summed E-state index contributed by atoms with van der Waals surface area (Å²) < 4.78 is 1.76. The van der Waals surface area contributed by atoms with E-state index in [1.165, 1.54) is 0 Å². The number of hydrogen-bond donors (Lipinski definition) is 1. The minimum Gasteiger partial charge on any atom is -0.355 e. The molecule has 0 aliphatic carbocycles. The number of amides is 2. The lowest BCUT2D eigenvalue weighted by molar-refractivity contribution is -0.133. The maximum absolute atomic E-state index is 12.7. The topological polar surface area (TPSA) is 67.2 Å². The molecule has 1 aromatic heterocycles. The normalized spacial score (nSPS) is 22.3. The lowest BCUT2D eigenvalue weighted by atomic mass is 9.93. The number of aryl methyl sites for hydroxylation is 1. The van der Waals surface area contributed by atoms with Gasteiger partial charge in [0.1, 0.15) is 0 Å². The molecule has 1 fully saturated rings. The molecule has 2 heterocycles. The van der Waals surface area contributed by atoms with Gasteiger partial charge in [0.25, 0.3) is 0 Å². The molecule has 2 amide bonds. The summed E-state index contributed by atoms with van der Waals surface area (Å²) >= 11 is 0. The van der Waals surface area contributed by atoms with Crippen LogP contribution in [0.2, 0.25) is 0 Å². The molecule has 1 N–H and O–H groups in total. The molecule has 0 bridgehead atoms. The van der Waals surface area contributed by atoms with Gasteiger partial charge in [0.05, 0.1) is 12.2 Å². The standard InChI is InChI=1S/C19H32N4O2/c1-7-8-13(2)18(25)20-10-14-9-16(24)23(19(3,4)5)17(14)15-11-21-22(6)12-15/h11-14,17H,7-10H2,1-6H3,(H,20,25)/t13-,14-,17+/m0/s1. The van der Waals surface area contributed by atoms with Crippen LogP contribution in [0, 0.1) is 11.8 Å². The largest absolute Gasteiger partial charge is 0.355 e. The molecule has 1 aliphatic rings. The van der Waals surface area contributed by atoms with E-state index in [-0.39, 0.29) is 35.2 Å². The third kappa shape index (κ3) is 4.41. The molecule has 0 radical (unpaired) electrons. The first-order valence-electron chi connectivity index (χ1n) is 9.23. The first-order chi connectivity index (χ1) is 11.6. The lowest BCUT2D eigenvalue weighted by Gasteiger charge is -2.38. The third-order valence-electron chi connectivity index (χ3n) is 4.93. The predicted molar refractivity (Wildman–Crippen MR) is 97.7 cm³/mol. The lowest BCUT2D eigenvalue weighted by Crippen LogP contribution is -2.45. The van der Waals surface area contributed by atoms with Crippen LogP contribution in [-0.2, 0) is 16.6 Å². The fourth-order valence-corrected chi connectivity index (χ4v) is 3.76. The first kappa shape index (κ1) is 19.5. The zero-order valence-electron chi connectivity index (χ0n) is 16.4. The number of nitrogens with zero attached hydrogens (tertiary/aromatic N) is 3. The second kappa shape index (κ2) is 7.58. The van der Waals surface area contributed by atoms with Crippen LogP contribution >= 0.6 is 0 Å². The van der Waals surface area contributed by atoms with Crippen molar-refractivity contribution >= 4 is 11.8 Å². The van der Waals surface area contributed by atoms with E-state index in [0.717, 1.165) is 18.4 Å². The smallest absolute Gasteiger partial charge is 0.223 e. The van der Waals surface area contributed by atoms with Crippen LogP contribution in [0.5, 0.6) is 0 Å². The van der Waals surface area contributed by atoms with Crippen molar-refractivity contribution in [3.63, 3.8) is 0 Å². The monoisotopic (exact) mass is 348 g/mol. The van der Waals surface area contributed by atoms with Crippen molar-refractivity contribution in [1.82, 2.24) is 20.0 Å². The number of likely N-dealkylation sites (tertiary alicyclic amines) is 1. The van der Waals surface area contributed by atoms with E-state index in [1.54, 1.807) is 4.68 Å². The Morgan fingerprint density at radius 3 is 2.64 bits per heavy atom. The molecular formula is C19H32N4O2. The van der Waals surface area contributed by atoms with Gasteiger partial charge in [-0.05, 0) is 27.2 Å². The van der Waals surface area contributed by atoms with Crippen LogP contribution in [0.1, 0.15) is 65.5 Å². The molecule has 0 aromatic carbocycles. The highest BCUT2D eigenvalue weighted by molar-refractivity contribution is 5.81. The van der Waals surface area contributed by atoms with Crippen molar-refractivity contribution in [3.8, 4) is 0 Å². The molecule has 1 saturated heterocycles. The van der Waals surface area contributed by atoms with Crippen molar-refractivity contribution < 1.29 is 9.59 Å². The van der Waals surface area contributed by atoms with Gasteiger partial charge in [0.2, 0.25) is 11.8 Å². The van der Waals surface area contributed by atoms with Gasteiger partial charge in [-0.15, -0.1) is 0 Å². The van der Waals surface area contributed by atoms with Crippen molar-refractivity contribution in [2.24, 2.45) is 18.9 Å². The van der Waals surface area contributed by atoms with Gasteiger partial charge in [-0.25, -0.2) is 0 Å². The number of hydrogen-bond acceptors (Lipinski definition) is 3. The van der Waals surface area contributed by atoms with Gasteiger partial charge in [0, 0.05) is 49.1 Å². The second-order valence-corrected chi connectivity index (χ2v) is 8.23. The van der Waals surface area contributed by atoms with Gasteiger partial charge in [-0.2, -0.15) is 5.10 Å². The van der Waals surface area contributed by atoms with Crippen LogP contribution in [-0.4, -0.2) is 38.6 Å². The Bertz CT molecular complexity index is 617. The predicted octanol–water partition coefficient (Wildman–Crippen LogP) is 2.66. The quantitative estimate of drug-likeness (QED) is 0.859. The highest BCUT2D eigenvalue weighted by Crippen LogP contribution is 2.42. The van der Waals surface area contributed by atoms with E-state index in [9.17, 15) is 9.59 Å². The molecule has 0 unspecified atom stereocenters. The Labute approximate surface area is 151 Å². The van der Waals surface area contributed by atoms with Gasteiger partial charge in [0.15, 0.2) is 0 Å². The average Bonchev–Trinajstić information content (AvgIpc) is 3.07. The molecule has 0 saturated carbocycles. The maximum atomic E-state index is 12.7. The minimum atomic E-state index is -0.272. The number of carbonyl (C=O) groups excluding carboxylic acids is 2. The molecule has 25 heavy (non-hydrogen) atoms. The maximum Gasteiger partial charge on any atom is 0.223 e. The minimum absolute atomic E-state index is 0.0117. The summed E-state index contributed by atoms with van der Waals surface area (Å²) in [6.07, 6.45) is 6.13. The third-order valence-corrected chi connectivity index (χ3v) is 4.93. The van der Waals surface area contributed by atoms with E-state index < -0.39 is 0 Å². The number of carbonyl (C=O) groups is 2. The van der Waals surface area contributed by atoms with Crippen LogP contribution in [0.4, 0.5) is 0 Å². The highest BCUT2D eigenvalue weighted by atomic mass is 16.2. The Balaban J connectivity index is 2.18. The summed E-state index contributed by atoms with van der Waals surface area (Å²) in [7, 11) is 1.88. The van der Waals surface area contributed by atoms with Gasteiger partial charge < -0.3 is 10.2 Å². The molecule has 1 aromatic rings. The highest BCUT2D eigenvalue weighted by Gasteiger charge is 2.45. The summed E-state index contributed by atoms with van der Waals surface area (Å²) in [4.78, 5) is 26.9. The zero-order chi connectivity index (χ0) is 18.8. The first-order valence-corrected chi connectivity index (χ1v) is 9.23. The molecule has 2 rings (SSSR count). The average molecular weight is 348 g/mol. The van der Waals surface area contributed by atoms with Crippen molar-refractivity contribution in [2.75, 3.05) is 6.54 Å². The van der Waals surface area contributed by atoms with Crippen molar-refractivity contribution in [1.29, 1.82) is 0 Å². The van der Waals surface area contributed by atoms with Gasteiger partial charge >= 0.3 is 0 Å². The number of nitrogens with one attached hydrogen (secondary N) is 1. The van der Waals surface area contributed by atoms with Crippen LogP contribution in [0.3, 0.4) is 0 Å². The van der Waals surface area contributed by atoms with Crippen LogP contribution in [0.25, 0.3) is 0 Å². The van der Waals surface area contributed by atoms with Crippen molar-refractivity contribution in [3.05, 3.63) is 18.0 Å². The number of rotatable bonds is 6. The van der Waals surface area contributed by atoms with Gasteiger partial charge in [-0.1, -0.05) is 20.3 Å². The Kier molecular flexibility index (Phi) is 5.91. The van der Waals surface area contributed by atoms with Crippen LogP contribution < -0.4 is 5.32 Å². The van der Waals surface area contributed by atoms with E-state index in [2.05, 4.69) is 38.1 Å². The zero-order valence-corrected chi connectivity index (χ0v) is 16.4. The Morgan fingerprint density at radius 1 is 1.44 bits per heavy atom. The fourth-order valence-electron chi connectivity index (χ4n) is 3.76. The molecule has 6 heteroatoms. The van der Waals surface area contributed by atoms with E-state index in [0.29, 0.717) is 13.0 Å². The summed E-state index contributed by atoms with van der Waals surface area (Å²) in [6, 6.07) is -0.0528. The van der Waals surface area contributed by atoms with Gasteiger partial charge in [-0.3, -0.25) is 14.3 Å². The molecular weight excluding hydrogens is 316 g/mol. The summed E-state index contributed by atoms with van der Waals surface area (Å²) in [5, 5.41) is 7.34. The van der Waals surface area contributed by atoms with Crippen molar-refractivity contribution in [2.45, 2.75) is 65.5 Å². The summed E-state index contributed by atoms with van der Waals surface area (Å²) in [6.45, 7) is 10.7. The molecule has 6 nitrogen and oxygen atoms in total. The molecule has 0 spiro atoms. The molecule has 140 valence electrons. The Hall–Kier alpha value is -1.85. The molecule has 1 aliphatic heterocycles. The fraction of sp³-hybridized carbons (Fsp3) is 0.737. The Morgan fingerprint density at radius 2 is 2.12 bits per heavy atom. The van der Waals surface area contributed by atoms with Crippen LogP contribution in [0.15, 0.2) is 12.4 Å². The molecule has 3 atom stereocenters. The summed E-state index contributed by atoms with van der Waals surface area (Å²) in [5.74, 6) is 0.294. The number of aromatic nitrogens is 2. The van der Waals surface area contributed by atoms with E-state index in [1.807, 2.05) is 31.3 Å². The summed E-state index contributed by atoms with van der Waals surface area (Å²) in [5.41, 5.74) is 0.760. The SMILES string of the molecule is CCC[C@H](C)C(=O)NC[C@@H]1CC(=O)N(C(C)(C)C)[C@H]1c1cnn(C)c1. The second-order valence-electron chi connectivity index (χ2n) is 8.23.